The number of ether oxygens (including phenoxy) is 2. The molecule has 1 aromatic carbocycles. The van der Waals surface area contributed by atoms with Gasteiger partial charge in [-0.2, -0.15) is 0 Å². The highest BCUT2D eigenvalue weighted by molar-refractivity contribution is 6.30. The molecule has 23 heavy (non-hydrogen) atoms. The number of carbonyl (C=O) groups is 1. The van der Waals surface area contributed by atoms with Gasteiger partial charge in [-0.05, 0) is 49.3 Å². The zero-order valence-corrected chi connectivity index (χ0v) is 14.0. The minimum absolute atomic E-state index is 0.0327. The summed E-state index contributed by atoms with van der Waals surface area (Å²) in [5.74, 6) is 1.62. The first-order valence-electron chi connectivity index (χ1n) is 8.25. The van der Waals surface area contributed by atoms with Crippen molar-refractivity contribution in [3.05, 3.63) is 29.3 Å². The fourth-order valence-corrected chi connectivity index (χ4v) is 4.12. The van der Waals surface area contributed by atoms with E-state index in [1.54, 1.807) is 24.3 Å². The fraction of sp³-hybridized carbons (Fsp3) is 0.611. The van der Waals surface area contributed by atoms with Crippen LogP contribution in [0.4, 0.5) is 4.39 Å². The lowest BCUT2D eigenvalue weighted by atomic mass is 9.84. The molecule has 1 aliphatic heterocycles. The van der Waals surface area contributed by atoms with Crippen LogP contribution in [0.1, 0.15) is 32.6 Å². The van der Waals surface area contributed by atoms with Gasteiger partial charge in [-0.25, -0.2) is 4.39 Å². The Morgan fingerprint density at radius 3 is 3.09 bits per heavy atom. The predicted octanol–water partition coefficient (Wildman–Crippen LogP) is 4.42. The van der Waals surface area contributed by atoms with Crippen molar-refractivity contribution >= 4 is 17.6 Å². The van der Waals surface area contributed by atoms with Gasteiger partial charge in [0.25, 0.3) is 0 Å². The zero-order chi connectivity index (χ0) is 16.4. The molecule has 0 unspecified atom stereocenters. The molecule has 0 N–H and O–H groups in total. The Morgan fingerprint density at radius 2 is 2.30 bits per heavy atom. The van der Waals surface area contributed by atoms with E-state index in [0.29, 0.717) is 35.4 Å². The van der Waals surface area contributed by atoms with Crippen LogP contribution in [0, 0.1) is 17.8 Å². The molecular weight excluding hydrogens is 319 g/mol. The molecule has 0 bridgehead atoms. The number of fused-ring (bicyclic) bond motifs is 1. The second-order valence-electron chi connectivity index (χ2n) is 6.72. The molecule has 5 heteroatoms. The van der Waals surface area contributed by atoms with Gasteiger partial charge in [-0.15, -0.1) is 0 Å². The third-order valence-corrected chi connectivity index (χ3v) is 5.32. The first-order chi connectivity index (χ1) is 11.0. The summed E-state index contributed by atoms with van der Waals surface area (Å²) >= 11 is 5.87. The van der Waals surface area contributed by atoms with Crippen molar-refractivity contribution in [1.29, 1.82) is 0 Å². The van der Waals surface area contributed by atoms with Crippen LogP contribution in [-0.2, 0) is 9.53 Å². The third-order valence-electron chi connectivity index (χ3n) is 5.09. The smallest absolute Gasteiger partial charge is 0.306 e. The normalized spacial score (nSPS) is 30.8. The molecule has 5 atom stereocenters. The Bertz CT molecular complexity index is 565. The Balaban J connectivity index is 1.45. The van der Waals surface area contributed by atoms with E-state index < -0.39 is 6.17 Å². The van der Waals surface area contributed by atoms with Crippen molar-refractivity contribution in [2.75, 3.05) is 6.61 Å². The highest BCUT2D eigenvalue weighted by Gasteiger charge is 2.48. The summed E-state index contributed by atoms with van der Waals surface area (Å²) < 4.78 is 24.9. The number of rotatable bonds is 6. The molecular formula is C18H22ClFO3. The molecule has 2 fully saturated rings. The van der Waals surface area contributed by atoms with Gasteiger partial charge in [0, 0.05) is 10.9 Å². The van der Waals surface area contributed by atoms with E-state index in [9.17, 15) is 9.18 Å². The van der Waals surface area contributed by atoms with Crippen molar-refractivity contribution in [1.82, 2.24) is 0 Å². The van der Waals surface area contributed by atoms with Crippen molar-refractivity contribution in [3.63, 3.8) is 0 Å². The standard InChI is InChI=1S/C18H22ClFO3/c1-11-7-17-16(9-18(21)23-17)15(11)6-5-13(20)10-22-14-4-2-3-12(19)8-14/h2-4,8,11,13,15-17H,5-7,9-10H2,1H3/t11-,13-,15+,16-,17+/m1/s1. The number of esters is 1. The summed E-state index contributed by atoms with van der Waals surface area (Å²) in [5.41, 5.74) is 0. The van der Waals surface area contributed by atoms with Crippen LogP contribution in [0.5, 0.6) is 5.75 Å². The van der Waals surface area contributed by atoms with Gasteiger partial charge in [0.15, 0.2) is 0 Å². The largest absolute Gasteiger partial charge is 0.491 e. The average Bonchev–Trinajstić information content (AvgIpc) is 2.98. The van der Waals surface area contributed by atoms with E-state index in [0.717, 1.165) is 12.8 Å². The van der Waals surface area contributed by atoms with Crippen molar-refractivity contribution in [2.24, 2.45) is 17.8 Å². The molecule has 2 aliphatic rings. The van der Waals surface area contributed by atoms with Crippen LogP contribution in [-0.4, -0.2) is 24.9 Å². The molecule has 1 aromatic rings. The Hall–Kier alpha value is -1.29. The molecule has 1 saturated heterocycles. The summed E-state index contributed by atoms with van der Waals surface area (Å²) in [6.07, 6.45) is 1.68. The van der Waals surface area contributed by atoms with Crippen LogP contribution in [0.15, 0.2) is 24.3 Å². The molecule has 3 rings (SSSR count). The van der Waals surface area contributed by atoms with E-state index in [2.05, 4.69) is 6.92 Å². The van der Waals surface area contributed by atoms with Gasteiger partial charge in [-0.1, -0.05) is 24.6 Å². The number of carbonyl (C=O) groups excluding carboxylic acids is 1. The van der Waals surface area contributed by atoms with Crippen molar-refractivity contribution in [3.8, 4) is 5.75 Å². The molecule has 0 spiro atoms. The molecule has 3 nitrogen and oxygen atoms in total. The lowest BCUT2D eigenvalue weighted by Gasteiger charge is -2.21. The minimum Gasteiger partial charge on any atom is -0.491 e. The van der Waals surface area contributed by atoms with E-state index in [1.165, 1.54) is 0 Å². The van der Waals surface area contributed by atoms with Gasteiger partial charge in [0.2, 0.25) is 0 Å². The zero-order valence-electron chi connectivity index (χ0n) is 13.2. The van der Waals surface area contributed by atoms with Crippen LogP contribution in [0.3, 0.4) is 0 Å². The van der Waals surface area contributed by atoms with E-state index >= 15 is 0 Å². The summed E-state index contributed by atoms with van der Waals surface area (Å²) in [4.78, 5) is 11.4. The molecule has 1 heterocycles. The number of benzene rings is 1. The van der Waals surface area contributed by atoms with Crippen molar-refractivity contribution < 1.29 is 18.7 Å². The molecule has 1 saturated carbocycles. The average molecular weight is 341 g/mol. The van der Waals surface area contributed by atoms with Crippen LogP contribution >= 0.6 is 11.6 Å². The van der Waals surface area contributed by atoms with E-state index in [4.69, 9.17) is 21.1 Å². The second kappa shape index (κ2) is 7.08. The Morgan fingerprint density at radius 1 is 1.48 bits per heavy atom. The van der Waals surface area contributed by atoms with Gasteiger partial charge in [-0.3, -0.25) is 4.79 Å². The molecule has 126 valence electrons. The monoisotopic (exact) mass is 340 g/mol. The van der Waals surface area contributed by atoms with E-state index in [1.807, 2.05) is 0 Å². The van der Waals surface area contributed by atoms with Gasteiger partial charge < -0.3 is 9.47 Å². The number of hydrogen-bond acceptors (Lipinski definition) is 3. The molecule has 0 aromatic heterocycles. The van der Waals surface area contributed by atoms with Crippen molar-refractivity contribution in [2.45, 2.75) is 44.9 Å². The third kappa shape index (κ3) is 3.97. The van der Waals surface area contributed by atoms with Gasteiger partial charge in [0.1, 0.15) is 24.6 Å². The maximum Gasteiger partial charge on any atom is 0.306 e. The van der Waals surface area contributed by atoms with Crippen LogP contribution in [0.25, 0.3) is 0 Å². The summed E-state index contributed by atoms with van der Waals surface area (Å²) in [5, 5.41) is 0.578. The maximum atomic E-state index is 14.1. The minimum atomic E-state index is -1.02. The highest BCUT2D eigenvalue weighted by Crippen LogP contribution is 2.46. The second-order valence-corrected chi connectivity index (χ2v) is 7.15. The number of alkyl halides is 1. The molecule has 0 amide bonds. The topological polar surface area (TPSA) is 35.5 Å². The first kappa shape index (κ1) is 16.6. The Kier molecular flexibility index (Phi) is 5.10. The predicted molar refractivity (Wildman–Crippen MR) is 86.3 cm³/mol. The van der Waals surface area contributed by atoms with E-state index in [-0.39, 0.29) is 24.6 Å². The highest BCUT2D eigenvalue weighted by atomic mass is 35.5. The quantitative estimate of drug-likeness (QED) is 0.719. The SMILES string of the molecule is C[C@@H]1C[C@@H]2OC(=O)C[C@@H]2[C@H]1CC[C@@H](F)COc1cccc(Cl)c1. The van der Waals surface area contributed by atoms with Crippen LogP contribution in [0.2, 0.25) is 5.02 Å². The molecule has 1 aliphatic carbocycles. The molecule has 0 radical (unpaired) electrons. The van der Waals surface area contributed by atoms with Gasteiger partial charge >= 0.3 is 5.97 Å². The lowest BCUT2D eigenvalue weighted by Crippen LogP contribution is -2.19. The summed E-state index contributed by atoms with van der Waals surface area (Å²) in [6.45, 7) is 2.21. The van der Waals surface area contributed by atoms with Gasteiger partial charge in [0.05, 0.1) is 6.42 Å². The van der Waals surface area contributed by atoms with Crippen LogP contribution < -0.4 is 4.74 Å². The fourth-order valence-electron chi connectivity index (χ4n) is 3.94. The number of hydrogen-bond donors (Lipinski definition) is 0. The number of halogens is 2. The summed E-state index contributed by atoms with van der Waals surface area (Å²) in [6, 6.07) is 6.98. The Labute approximate surface area is 141 Å². The summed E-state index contributed by atoms with van der Waals surface area (Å²) in [7, 11) is 0. The lowest BCUT2D eigenvalue weighted by molar-refractivity contribution is -0.141. The first-order valence-corrected chi connectivity index (χ1v) is 8.62. The maximum absolute atomic E-state index is 14.1.